The number of aryl methyl sites for hydroxylation is 2. The number of nitrogens with one attached hydrogen (secondary N) is 1. The lowest BCUT2D eigenvalue weighted by molar-refractivity contribution is 0.308. The zero-order valence-electron chi connectivity index (χ0n) is 9.75. The maximum Gasteiger partial charge on any atom is 0.130 e. The van der Waals surface area contributed by atoms with Gasteiger partial charge in [-0.05, 0) is 32.1 Å². The molecule has 1 heterocycles. The van der Waals surface area contributed by atoms with E-state index < -0.39 is 0 Å². The Bertz CT molecular complexity index is 343. The number of hydrogen-bond donors (Lipinski definition) is 1. The van der Waals surface area contributed by atoms with Crippen molar-refractivity contribution < 1.29 is 0 Å². The molecule has 0 aromatic carbocycles. The highest BCUT2D eigenvalue weighted by Gasteiger charge is 2.25. The van der Waals surface area contributed by atoms with Crippen LogP contribution in [-0.2, 0) is 6.42 Å². The van der Waals surface area contributed by atoms with E-state index in [4.69, 9.17) is 0 Å². The molecule has 1 N–H and O–H groups in total. The number of aromatic nitrogens is 2. The molecule has 0 saturated heterocycles. The lowest BCUT2D eigenvalue weighted by Gasteiger charge is -2.33. The summed E-state index contributed by atoms with van der Waals surface area (Å²) in [6.07, 6.45) is 3.51. The predicted octanol–water partition coefficient (Wildman–Crippen LogP) is 2.56. The van der Waals surface area contributed by atoms with Crippen molar-refractivity contribution in [2.75, 3.05) is 5.32 Å². The summed E-state index contributed by atoms with van der Waals surface area (Å²) in [5.41, 5.74) is 1.12. The average Bonchev–Trinajstić information content (AvgIpc) is 2.14. The molecule has 0 bridgehead atoms. The van der Waals surface area contributed by atoms with E-state index in [1.807, 2.05) is 6.92 Å². The van der Waals surface area contributed by atoms with E-state index in [-0.39, 0.29) is 0 Å². The first-order valence-electron chi connectivity index (χ1n) is 5.78. The van der Waals surface area contributed by atoms with Crippen molar-refractivity contribution in [3.63, 3.8) is 0 Å². The summed E-state index contributed by atoms with van der Waals surface area (Å²) in [6, 6.07) is 2.69. The van der Waals surface area contributed by atoms with Crippen molar-refractivity contribution in [2.24, 2.45) is 5.92 Å². The zero-order valence-corrected chi connectivity index (χ0v) is 9.75. The predicted molar refractivity (Wildman–Crippen MR) is 62.0 cm³/mol. The number of anilines is 1. The molecule has 0 atom stereocenters. The average molecular weight is 205 g/mol. The van der Waals surface area contributed by atoms with E-state index in [0.717, 1.165) is 29.7 Å². The molecular weight excluding hydrogens is 186 g/mol. The summed E-state index contributed by atoms with van der Waals surface area (Å²) in [4.78, 5) is 8.77. The second-order valence-electron chi connectivity index (χ2n) is 4.56. The van der Waals surface area contributed by atoms with Crippen molar-refractivity contribution in [3.05, 3.63) is 17.6 Å². The van der Waals surface area contributed by atoms with Gasteiger partial charge < -0.3 is 5.32 Å². The van der Waals surface area contributed by atoms with Crippen molar-refractivity contribution in [1.29, 1.82) is 0 Å². The van der Waals surface area contributed by atoms with E-state index in [9.17, 15) is 0 Å². The molecule has 1 aromatic heterocycles. The Labute approximate surface area is 91.3 Å². The third-order valence-corrected chi connectivity index (χ3v) is 2.98. The van der Waals surface area contributed by atoms with Gasteiger partial charge in [0.15, 0.2) is 0 Å². The first-order valence-corrected chi connectivity index (χ1v) is 5.78. The maximum absolute atomic E-state index is 4.41. The van der Waals surface area contributed by atoms with Crippen LogP contribution in [0.15, 0.2) is 6.07 Å². The highest BCUT2D eigenvalue weighted by molar-refractivity contribution is 5.37. The van der Waals surface area contributed by atoms with Gasteiger partial charge in [-0.15, -0.1) is 0 Å². The van der Waals surface area contributed by atoms with Crippen LogP contribution in [0.2, 0.25) is 0 Å². The van der Waals surface area contributed by atoms with Gasteiger partial charge >= 0.3 is 0 Å². The molecule has 15 heavy (non-hydrogen) atoms. The van der Waals surface area contributed by atoms with Gasteiger partial charge in [-0.25, -0.2) is 9.97 Å². The van der Waals surface area contributed by atoms with Crippen LogP contribution >= 0.6 is 0 Å². The van der Waals surface area contributed by atoms with E-state index >= 15 is 0 Å². The molecule has 0 radical (unpaired) electrons. The Morgan fingerprint density at radius 2 is 2.13 bits per heavy atom. The van der Waals surface area contributed by atoms with Gasteiger partial charge in [0.2, 0.25) is 0 Å². The number of nitrogens with zero attached hydrogens (tertiary/aromatic N) is 2. The summed E-state index contributed by atoms with van der Waals surface area (Å²) in [5.74, 6) is 2.73. The fourth-order valence-electron chi connectivity index (χ4n) is 2.11. The van der Waals surface area contributed by atoms with Crippen molar-refractivity contribution in [2.45, 2.75) is 46.1 Å². The van der Waals surface area contributed by atoms with Gasteiger partial charge in [0, 0.05) is 17.8 Å². The van der Waals surface area contributed by atoms with E-state index in [0.29, 0.717) is 6.04 Å². The Morgan fingerprint density at radius 3 is 2.73 bits per heavy atom. The van der Waals surface area contributed by atoms with Crippen molar-refractivity contribution >= 4 is 5.82 Å². The minimum absolute atomic E-state index is 0.624. The SMILES string of the molecule is CCc1cc(NC2CC(C)C2)nc(C)n1. The third kappa shape index (κ3) is 2.46. The molecule has 1 saturated carbocycles. The van der Waals surface area contributed by atoms with Gasteiger partial charge in [0.1, 0.15) is 11.6 Å². The minimum Gasteiger partial charge on any atom is -0.367 e. The van der Waals surface area contributed by atoms with Crippen LogP contribution < -0.4 is 5.32 Å². The summed E-state index contributed by atoms with van der Waals surface area (Å²) in [6.45, 7) is 6.37. The Balaban J connectivity index is 2.04. The largest absolute Gasteiger partial charge is 0.367 e. The normalized spacial score (nSPS) is 24.7. The summed E-state index contributed by atoms with van der Waals surface area (Å²) in [7, 11) is 0. The molecular formula is C12H19N3. The van der Waals surface area contributed by atoms with Gasteiger partial charge in [0.05, 0.1) is 0 Å². The van der Waals surface area contributed by atoms with Crippen molar-refractivity contribution in [1.82, 2.24) is 9.97 Å². The molecule has 0 amide bonds. The molecule has 2 rings (SSSR count). The summed E-state index contributed by atoms with van der Waals surface area (Å²) in [5, 5.41) is 3.47. The van der Waals surface area contributed by atoms with Crippen LogP contribution in [0.3, 0.4) is 0 Å². The molecule has 0 aliphatic heterocycles. The number of rotatable bonds is 3. The molecule has 1 aromatic rings. The highest BCUT2D eigenvalue weighted by Crippen LogP contribution is 2.28. The van der Waals surface area contributed by atoms with Gasteiger partial charge in [-0.1, -0.05) is 13.8 Å². The minimum atomic E-state index is 0.624. The lowest BCUT2D eigenvalue weighted by Crippen LogP contribution is -2.34. The first-order chi connectivity index (χ1) is 7.17. The van der Waals surface area contributed by atoms with Gasteiger partial charge in [-0.2, -0.15) is 0 Å². The third-order valence-electron chi connectivity index (χ3n) is 2.98. The fraction of sp³-hybridized carbons (Fsp3) is 0.667. The maximum atomic E-state index is 4.41. The summed E-state index contributed by atoms with van der Waals surface area (Å²) >= 11 is 0. The first kappa shape index (κ1) is 10.4. The smallest absolute Gasteiger partial charge is 0.130 e. The van der Waals surface area contributed by atoms with E-state index in [2.05, 4.69) is 35.2 Å². The monoisotopic (exact) mass is 205 g/mol. The Kier molecular flexibility index (Phi) is 2.89. The molecule has 3 nitrogen and oxygen atoms in total. The Hall–Kier alpha value is -1.12. The molecule has 1 aliphatic rings. The molecule has 3 heteroatoms. The van der Waals surface area contributed by atoms with Crippen LogP contribution in [-0.4, -0.2) is 16.0 Å². The van der Waals surface area contributed by atoms with Gasteiger partial charge in [-0.3, -0.25) is 0 Å². The number of hydrogen-bond acceptors (Lipinski definition) is 3. The second kappa shape index (κ2) is 4.17. The van der Waals surface area contributed by atoms with Gasteiger partial charge in [0.25, 0.3) is 0 Å². The van der Waals surface area contributed by atoms with Crippen LogP contribution in [0.4, 0.5) is 5.82 Å². The molecule has 82 valence electrons. The van der Waals surface area contributed by atoms with Crippen molar-refractivity contribution in [3.8, 4) is 0 Å². The van der Waals surface area contributed by atoms with Crippen LogP contribution in [0, 0.1) is 12.8 Å². The standard InChI is InChI=1S/C12H19N3/c1-4-10-7-12(14-9(3)13-10)15-11-5-8(2)6-11/h7-8,11H,4-6H2,1-3H3,(H,13,14,15). The topological polar surface area (TPSA) is 37.8 Å². The Morgan fingerprint density at radius 1 is 1.40 bits per heavy atom. The van der Waals surface area contributed by atoms with E-state index in [1.54, 1.807) is 0 Å². The highest BCUT2D eigenvalue weighted by atomic mass is 15.1. The molecule has 1 fully saturated rings. The van der Waals surface area contributed by atoms with Crippen LogP contribution in [0.5, 0.6) is 0 Å². The van der Waals surface area contributed by atoms with Crippen LogP contribution in [0.1, 0.15) is 38.2 Å². The molecule has 0 unspecified atom stereocenters. The zero-order chi connectivity index (χ0) is 10.8. The fourth-order valence-corrected chi connectivity index (χ4v) is 2.11. The summed E-state index contributed by atoms with van der Waals surface area (Å²) < 4.78 is 0. The van der Waals surface area contributed by atoms with E-state index in [1.165, 1.54) is 12.8 Å². The van der Waals surface area contributed by atoms with Crippen LogP contribution in [0.25, 0.3) is 0 Å². The molecule has 0 spiro atoms. The lowest BCUT2D eigenvalue weighted by atomic mass is 9.82. The quantitative estimate of drug-likeness (QED) is 0.824. The second-order valence-corrected chi connectivity index (χ2v) is 4.56. The molecule has 1 aliphatic carbocycles.